The van der Waals surface area contributed by atoms with Crippen molar-refractivity contribution in [2.24, 2.45) is 0 Å². The number of aryl methyl sites for hydroxylation is 1. The van der Waals surface area contributed by atoms with Crippen molar-refractivity contribution in [3.05, 3.63) is 28.3 Å². The maximum absolute atomic E-state index is 11.9. The number of halogens is 1. The van der Waals surface area contributed by atoms with Crippen LogP contribution in [0, 0.1) is 6.92 Å². The fourth-order valence-electron chi connectivity index (χ4n) is 2.13. The van der Waals surface area contributed by atoms with Crippen molar-refractivity contribution in [2.75, 3.05) is 25.3 Å². The first-order chi connectivity index (χ1) is 9.61. The molecule has 0 bridgehead atoms. The van der Waals surface area contributed by atoms with Crippen LogP contribution in [0.5, 0.6) is 5.75 Å². The molecule has 20 heavy (non-hydrogen) atoms. The minimum atomic E-state index is -0.0550. The number of hydrogen-bond donors (Lipinski definition) is 2. The lowest BCUT2D eigenvalue weighted by molar-refractivity contribution is -0.122. The second kappa shape index (κ2) is 7.20. The lowest BCUT2D eigenvalue weighted by atomic mass is 10.1. The second-order valence-corrected chi connectivity index (χ2v) is 6.16. The average Bonchev–Trinajstić information content (AvgIpc) is 2.96. The van der Waals surface area contributed by atoms with Gasteiger partial charge >= 0.3 is 0 Å². The number of carbonyl (C=O) groups is 1. The number of benzene rings is 1. The summed E-state index contributed by atoms with van der Waals surface area (Å²) in [5.41, 5.74) is 2.25. The van der Waals surface area contributed by atoms with E-state index in [1.165, 1.54) is 0 Å². The molecule has 0 saturated carbocycles. The Kier molecular flexibility index (Phi) is 5.57. The van der Waals surface area contributed by atoms with Crippen LogP contribution in [0.15, 0.2) is 12.1 Å². The molecule has 6 heteroatoms. The number of hydrogen-bond acceptors (Lipinski definition) is 4. The molecular weight excluding hydrogens is 296 g/mol. The number of amides is 1. The summed E-state index contributed by atoms with van der Waals surface area (Å²) in [6, 6.07) is 3.78. The summed E-state index contributed by atoms with van der Waals surface area (Å²) >= 11 is 7.87. The van der Waals surface area contributed by atoms with E-state index in [1.54, 1.807) is 18.9 Å². The average molecular weight is 315 g/mol. The second-order valence-electron chi connectivity index (χ2n) is 4.73. The van der Waals surface area contributed by atoms with E-state index < -0.39 is 0 Å². The quantitative estimate of drug-likeness (QED) is 0.872. The highest BCUT2D eigenvalue weighted by atomic mass is 35.5. The maximum Gasteiger partial charge on any atom is 0.238 e. The molecule has 0 aliphatic carbocycles. The van der Waals surface area contributed by atoms with Gasteiger partial charge in [0.15, 0.2) is 0 Å². The van der Waals surface area contributed by atoms with Crippen LogP contribution in [0.1, 0.15) is 11.1 Å². The molecule has 1 unspecified atom stereocenters. The third-order valence-electron chi connectivity index (χ3n) is 3.34. The SMILES string of the molecule is COc1cc(C)c(CCNC(=O)C2CSCN2)cc1Cl. The zero-order valence-electron chi connectivity index (χ0n) is 11.7. The summed E-state index contributed by atoms with van der Waals surface area (Å²) in [5.74, 6) is 2.46. The molecule has 2 N–H and O–H groups in total. The van der Waals surface area contributed by atoms with Crippen LogP contribution >= 0.6 is 23.4 Å². The van der Waals surface area contributed by atoms with Crippen molar-refractivity contribution >= 4 is 29.3 Å². The van der Waals surface area contributed by atoms with Crippen molar-refractivity contribution in [2.45, 2.75) is 19.4 Å². The Labute approximate surface area is 128 Å². The van der Waals surface area contributed by atoms with Crippen LogP contribution in [0.4, 0.5) is 0 Å². The number of carbonyl (C=O) groups excluding carboxylic acids is 1. The molecule has 1 saturated heterocycles. The van der Waals surface area contributed by atoms with Gasteiger partial charge in [-0.3, -0.25) is 10.1 Å². The highest BCUT2D eigenvalue weighted by Gasteiger charge is 2.21. The van der Waals surface area contributed by atoms with Gasteiger partial charge in [0.05, 0.1) is 18.2 Å². The molecule has 1 aromatic carbocycles. The standard InChI is InChI=1S/C14H19ClN2O2S/c1-9-5-13(19-2)11(15)6-10(9)3-4-16-14(18)12-7-20-8-17-12/h5-6,12,17H,3-4,7-8H2,1-2H3,(H,16,18). The maximum atomic E-state index is 11.9. The number of methoxy groups -OCH3 is 1. The van der Waals surface area contributed by atoms with Crippen LogP contribution in [0.2, 0.25) is 5.02 Å². The topological polar surface area (TPSA) is 50.4 Å². The Morgan fingerprint density at radius 2 is 2.40 bits per heavy atom. The Bertz CT molecular complexity index is 490. The Hall–Kier alpha value is -0.910. The minimum absolute atomic E-state index is 0.0550. The Balaban J connectivity index is 1.87. The zero-order valence-corrected chi connectivity index (χ0v) is 13.2. The molecule has 1 heterocycles. The third kappa shape index (κ3) is 3.81. The molecule has 1 atom stereocenters. The van der Waals surface area contributed by atoms with Crippen molar-refractivity contribution < 1.29 is 9.53 Å². The molecule has 4 nitrogen and oxygen atoms in total. The zero-order chi connectivity index (χ0) is 14.5. The van der Waals surface area contributed by atoms with Crippen LogP contribution in [0.3, 0.4) is 0 Å². The number of ether oxygens (including phenoxy) is 1. The van der Waals surface area contributed by atoms with E-state index in [0.29, 0.717) is 17.3 Å². The Morgan fingerprint density at radius 1 is 1.60 bits per heavy atom. The third-order valence-corrected chi connectivity index (χ3v) is 4.57. The highest BCUT2D eigenvalue weighted by Crippen LogP contribution is 2.27. The minimum Gasteiger partial charge on any atom is -0.495 e. The van der Waals surface area contributed by atoms with Crippen molar-refractivity contribution in [1.29, 1.82) is 0 Å². The lowest BCUT2D eigenvalue weighted by Gasteiger charge is -2.13. The van der Waals surface area contributed by atoms with Gasteiger partial charge in [-0.05, 0) is 36.6 Å². The summed E-state index contributed by atoms with van der Waals surface area (Å²) in [5, 5.41) is 6.72. The van der Waals surface area contributed by atoms with Crippen molar-refractivity contribution in [3.63, 3.8) is 0 Å². The van der Waals surface area contributed by atoms with Gasteiger partial charge in [-0.1, -0.05) is 11.6 Å². The van der Waals surface area contributed by atoms with Gasteiger partial charge < -0.3 is 10.1 Å². The van der Waals surface area contributed by atoms with Crippen LogP contribution < -0.4 is 15.4 Å². The van der Waals surface area contributed by atoms with Gasteiger partial charge in [0, 0.05) is 18.2 Å². The highest BCUT2D eigenvalue weighted by molar-refractivity contribution is 7.99. The van der Waals surface area contributed by atoms with Crippen LogP contribution in [-0.4, -0.2) is 37.2 Å². The van der Waals surface area contributed by atoms with E-state index >= 15 is 0 Å². The largest absolute Gasteiger partial charge is 0.495 e. The summed E-state index contributed by atoms with van der Waals surface area (Å²) in [4.78, 5) is 11.9. The predicted octanol–water partition coefficient (Wildman–Crippen LogP) is 1.98. The molecule has 0 spiro atoms. The fraction of sp³-hybridized carbons (Fsp3) is 0.500. The van der Waals surface area contributed by atoms with Gasteiger partial charge in [-0.25, -0.2) is 0 Å². The predicted molar refractivity (Wildman–Crippen MR) is 83.7 cm³/mol. The van der Waals surface area contributed by atoms with Gasteiger partial charge in [-0.2, -0.15) is 0 Å². The van der Waals surface area contributed by atoms with Gasteiger partial charge in [0.2, 0.25) is 5.91 Å². The van der Waals surface area contributed by atoms with Gasteiger partial charge in [0.1, 0.15) is 5.75 Å². The van der Waals surface area contributed by atoms with E-state index in [0.717, 1.165) is 29.2 Å². The molecule has 2 rings (SSSR count). The van der Waals surface area contributed by atoms with E-state index in [2.05, 4.69) is 10.6 Å². The number of rotatable bonds is 5. The molecular formula is C14H19ClN2O2S. The summed E-state index contributed by atoms with van der Waals surface area (Å²) in [6.07, 6.45) is 0.765. The normalized spacial score (nSPS) is 18.1. The first kappa shape index (κ1) is 15.5. The van der Waals surface area contributed by atoms with Crippen molar-refractivity contribution in [3.8, 4) is 5.75 Å². The lowest BCUT2D eigenvalue weighted by Crippen LogP contribution is -2.42. The van der Waals surface area contributed by atoms with Gasteiger partial charge in [0.25, 0.3) is 0 Å². The molecule has 1 aliphatic rings. The van der Waals surface area contributed by atoms with Crippen LogP contribution in [-0.2, 0) is 11.2 Å². The molecule has 1 fully saturated rings. The molecule has 1 aliphatic heterocycles. The van der Waals surface area contributed by atoms with Gasteiger partial charge in [-0.15, -0.1) is 11.8 Å². The molecule has 1 aromatic rings. The molecule has 0 radical (unpaired) electrons. The van der Waals surface area contributed by atoms with Crippen molar-refractivity contribution in [1.82, 2.24) is 10.6 Å². The Morgan fingerprint density at radius 3 is 3.05 bits per heavy atom. The molecule has 1 amide bonds. The first-order valence-electron chi connectivity index (χ1n) is 6.53. The summed E-state index contributed by atoms with van der Waals surface area (Å²) in [6.45, 7) is 2.64. The monoisotopic (exact) mass is 314 g/mol. The van der Waals surface area contributed by atoms with Crippen LogP contribution in [0.25, 0.3) is 0 Å². The number of thioether (sulfide) groups is 1. The first-order valence-corrected chi connectivity index (χ1v) is 8.07. The smallest absolute Gasteiger partial charge is 0.238 e. The van der Waals surface area contributed by atoms with E-state index in [1.807, 2.05) is 19.1 Å². The number of nitrogens with one attached hydrogen (secondary N) is 2. The molecule has 110 valence electrons. The summed E-state index contributed by atoms with van der Waals surface area (Å²) < 4.78 is 5.18. The van der Waals surface area contributed by atoms with E-state index in [4.69, 9.17) is 16.3 Å². The fourth-order valence-corrected chi connectivity index (χ4v) is 3.33. The van der Waals surface area contributed by atoms with E-state index in [9.17, 15) is 4.79 Å². The summed E-state index contributed by atoms with van der Waals surface area (Å²) in [7, 11) is 1.60. The van der Waals surface area contributed by atoms with E-state index in [-0.39, 0.29) is 11.9 Å². The molecule has 0 aromatic heterocycles.